The Bertz CT molecular complexity index is 482. The zero-order valence-electron chi connectivity index (χ0n) is 11.2. The van der Waals surface area contributed by atoms with E-state index >= 15 is 0 Å². The minimum Gasteiger partial charge on any atom is -0.383 e. The van der Waals surface area contributed by atoms with Crippen LogP contribution in [-0.2, 0) is 21.3 Å². The van der Waals surface area contributed by atoms with Gasteiger partial charge in [0.1, 0.15) is 0 Å². The maximum atomic E-state index is 12.3. The monoisotopic (exact) mass is 292 g/mol. The Morgan fingerprint density at radius 3 is 2.72 bits per heavy atom. The van der Waals surface area contributed by atoms with E-state index in [1.54, 1.807) is 20.2 Å². The first-order chi connectivity index (χ1) is 8.43. The topological polar surface area (TPSA) is 58.6 Å². The van der Waals surface area contributed by atoms with Gasteiger partial charge in [0.25, 0.3) is 0 Å². The number of sulfonamides is 1. The van der Waals surface area contributed by atoms with Gasteiger partial charge in [-0.25, -0.2) is 8.42 Å². The second-order valence-electron chi connectivity index (χ2n) is 3.98. The molecule has 0 atom stereocenters. The van der Waals surface area contributed by atoms with E-state index in [0.29, 0.717) is 24.6 Å². The summed E-state index contributed by atoms with van der Waals surface area (Å²) in [5.41, 5.74) is 0. The third-order valence-electron chi connectivity index (χ3n) is 2.57. The molecule has 0 aliphatic heterocycles. The summed E-state index contributed by atoms with van der Waals surface area (Å²) in [7, 11) is 1.57. The number of methoxy groups -OCH3 is 1. The van der Waals surface area contributed by atoms with Crippen molar-refractivity contribution in [1.29, 1.82) is 0 Å². The molecule has 0 unspecified atom stereocenters. The molecule has 1 N–H and O–H groups in total. The van der Waals surface area contributed by atoms with Crippen molar-refractivity contribution in [2.75, 3.05) is 34.4 Å². The van der Waals surface area contributed by atoms with Gasteiger partial charge in [0, 0.05) is 37.0 Å². The highest BCUT2D eigenvalue weighted by Crippen LogP contribution is 2.27. The Balaban J connectivity index is 2.97. The van der Waals surface area contributed by atoms with Crippen LogP contribution in [0.2, 0.25) is 0 Å². The maximum absolute atomic E-state index is 12.3. The molecule has 0 radical (unpaired) electrons. The maximum Gasteiger partial charge on any atom is 0.244 e. The van der Waals surface area contributed by atoms with E-state index in [-0.39, 0.29) is 0 Å². The Labute approximate surface area is 113 Å². The molecule has 0 fully saturated rings. The Kier molecular flexibility index (Phi) is 5.74. The first kappa shape index (κ1) is 15.6. The van der Waals surface area contributed by atoms with Crippen LogP contribution in [-0.4, -0.2) is 47.1 Å². The van der Waals surface area contributed by atoms with Crippen LogP contribution in [0, 0.1) is 6.92 Å². The van der Waals surface area contributed by atoms with Gasteiger partial charge >= 0.3 is 0 Å². The second kappa shape index (κ2) is 6.63. The molecule has 0 aromatic carbocycles. The molecule has 104 valence electrons. The lowest BCUT2D eigenvalue weighted by molar-refractivity contribution is 0.185. The molecule has 0 saturated carbocycles. The normalized spacial score (nSPS) is 12.3. The molecular weight excluding hydrogens is 272 g/mol. The Morgan fingerprint density at radius 1 is 1.50 bits per heavy atom. The molecule has 0 aliphatic carbocycles. The van der Waals surface area contributed by atoms with Crippen molar-refractivity contribution >= 4 is 21.4 Å². The highest BCUT2D eigenvalue weighted by Gasteiger charge is 2.24. The predicted octanol–water partition coefficient (Wildman–Crippen LogP) is 1.04. The number of likely N-dealkylation sites (N-methyl/N-ethyl adjacent to an activating group) is 1. The average Bonchev–Trinajstić information content (AvgIpc) is 2.68. The van der Waals surface area contributed by atoms with Crippen LogP contribution >= 0.6 is 11.3 Å². The van der Waals surface area contributed by atoms with Crippen LogP contribution in [0.15, 0.2) is 11.0 Å². The number of aryl methyl sites for hydroxylation is 1. The van der Waals surface area contributed by atoms with Gasteiger partial charge in [0.05, 0.1) is 11.5 Å². The largest absolute Gasteiger partial charge is 0.383 e. The van der Waals surface area contributed by atoms with Gasteiger partial charge in [-0.2, -0.15) is 4.31 Å². The summed E-state index contributed by atoms with van der Waals surface area (Å²) in [5, 5.41) is 3.02. The number of rotatable bonds is 7. The molecule has 0 bridgehead atoms. The fourth-order valence-corrected chi connectivity index (χ4v) is 4.32. The van der Waals surface area contributed by atoms with E-state index in [1.165, 1.54) is 15.6 Å². The van der Waals surface area contributed by atoms with Crippen molar-refractivity contribution in [3.05, 3.63) is 15.8 Å². The summed E-state index contributed by atoms with van der Waals surface area (Å²) in [6, 6.07) is 1.75. The van der Waals surface area contributed by atoms with Crippen LogP contribution in [0.1, 0.15) is 9.75 Å². The highest BCUT2D eigenvalue weighted by molar-refractivity contribution is 7.89. The summed E-state index contributed by atoms with van der Waals surface area (Å²) >= 11 is 1.51. The van der Waals surface area contributed by atoms with Crippen LogP contribution in [0.3, 0.4) is 0 Å². The lowest BCUT2D eigenvalue weighted by Gasteiger charge is -2.16. The first-order valence-electron chi connectivity index (χ1n) is 5.62. The molecule has 5 nitrogen and oxygen atoms in total. The average molecular weight is 292 g/mol. The first-order valence-corrected chi connectivity index (χ1v) is 7.88. The van der Waals surface area contributed by atoms with Gasteiger partial charge in [-0.15, -0.1) is 11.3 Å². The summed E-state index contributed by atoms with van der Waals surface area (Å²) in [5.74, 6) is 0. The van der Waals surface area contributed by atoms with Crippen LogP contribution in [0.25, 0.3) is 0 Å². The summed E-state index contributed by atoms with van der Waals surface area (Å²) < 4.78 is 30.9. The third kappa shape index (κ3) is 3.52. The summed E-state index contributed by atoms with van der Waals surface area (Å²) in [6.45, 7) is 3.27. The molecule has 1 aromatic heterocycles. The molecule has 1 rings (SSSR count). The van der Waals surface area contributed by atoms with Crippen molar-refractivity contribution in [2.45, 2.75) is 18.4 Å². The molecule has 0 saturated heterocycles. The van der Waals surface area contributed by atoms with E-state index in [9.17, 15) is 8.42 Å². The molecular formula is C11H20N2O3S2. The Hall–Kier alpha value is -0.470. The number of thiophene rings is 1. The molecule has 18 heavy (non-hydrogen) atoms. The molecule has 1 aromatic rings. The van der Waals surface area contributed by atoms with Gasteiger partial charge in [-0.05, 0) is 20.0 Å². The quantitative estimate of drug-likeness (QED) is 0.816. The van der Waals surface area contributed by atoms with Crippen molar-refractivity contribution in [1.82, 2.24) is 9.62 Å². The fraction of sp³-hybridized carbons (Fsp3) is 0.636. The van der Waals surface area contributed by atoms with Crippen molar-refractivity contribution in [3.63, 3.8) is 0 Å². The van der Waals surface area contributed by atoms with Gasteiger partial charge in [0.15, 0.2) is 0 Å². The Morgan fingerprint density at radius 2 is 2.17 bits per heavy atom. The summed E-state index contributed by atoms with van der Waals surface area (Å²) in [4.78, 5) is 2.24. The zero-order valence-corrected chi connectivity index (χ0v) is 12.8. The molecule has 0 aliphatic rings. The molecule has 7 heteroatoms. The van der Waals surface area contributed by atoms with Crippen molar-refractivity contribution in [2.24, 2.45) is 0 Å². The second-order valence-corrected chi connectivity index (χ2v) is 7.34. The predicted molar refractivity (Wildman–Crippen MR) is 73.5 cm³/mol. The van der Waals surface area contributed by atoms with Gasteiger partial charge < -0.3 is 10.1 Å². The van der Waals surface area contributed by atoms with Gasteiger partial charge in [-0.1, -0.05) is 0 Å². The SMILES string of the molecule is CNCc1cc(S(=O)(=O)N(C)CCOC)c(C)s1. The van der Waals surface area contributed by atoms with E-state index in [1.807, 2.05) is 14.0 Å². The standard InChI is InChI=1S/C11H20N2O3S2/c1-9-11(7-10(17-9)8-12-2)18(14,15)13(3)5-6-16-4/h7,12H,5-6,8H2,1-4H3. The highest BCUT2D eigenvalue weighted by atomic mass is 32.2. The number of nitrogens with one attached hydrogen (secondary N) is 1. The van der Waals surface area contributed by atoms with Crippen LogP contribution < -0.4 is 5.32 Å². The summed E-state index contributed by atoms with van der Waals surface area (Å²) in [6.07, 6.45) is 0. The third-order valence-corrected chi connectivity index (χ3v) is 5.74. The number of hydrogen-bond donors (Lipinski definition) is 1. The lowest BCUT2D eigenvalue weighted by atomic mass is 10.4. The van der Waals surface area contributed by atoms with Gasteiger partial charge in [0.2, 0.25) is 10.0 Å². The van der Waals surface area contributed by atoms with Crippen LogP contribution in [0.5, 0.6) is 0 Å². The van der Waals surface area contributed by atoms with E-state index < -0.39 is 10.0 Å². The zero-order chi connectivity index (χ0) is 13.8. The van der Waals surface area contributed by atoms with E-state index in [4.69, 9.17) is 4.74 Å². The molecule has 0 amide bonds. The van der Waals surface area contributed by atoms with Crippen molar-refractivity contribution in [3.8, 4) is 0 Å². The number of nitrogens with zero attached hydrogens (tertiary/aromatic N) is 1. The number of ether oxygens (including phenoxy) is 1. The minimum absolute atomic E-state index is 0.357. The van der Waals surface area contributed by atoms with Crippen molar-refractivity contribution < 1.29 is 13.2 Å². The van der Waals surface area contributed by atoms with Gasteiger partial charge in [-0.3, -0.25) is 0 Å². The smallest absolute Gasteiger partial charge is 0.244 e. The fourth-order valence-electron chi connectivity index (χ4n) is 1.55. The van der Waals surface area contributed by atoms with E-state index in [2.05, 4.69) is 5.32 Å². The minimum atomic E-state index is -3.40. The lowest BCUT2D eigenvalue weighted by Crippen LogP contribution is -2.30. The molecule has 1 heterocycles. The van der Waals surface area contributed by atoms with Crippen LogP contribution in [0.4, 0.5) is 0 Å². The molecule has 0 spiro atoms. The number of hydrogen-bond acceptors (Lipinski definition) is 5. The van der Waals surface area contributed by atoms with E-state index in [0.717, 1.165) is 9.75 Å².